The van der Waals surface area contributed by atoms with Crippen LogP contribution < -0.4 is 0 Å². The molecule has 1 aliphatic carbocycles. The van der Waals surface area contributed by atoms with E-state index in [0.717, 1.165) is 0 Å². The molecule has 7 unspecified atom stereocenters. The third-order valence-corrected chi connectivity index (χ3v) is 6.77. The Labute approximate surface area is 188 Å². The molecule has 0 aromatic heterocycles. The van der Waals surface area contributed by atoms with Gasteiger partial charge in [0.1, 0.15) is 12.0 Å². The minimum atomic E-state index is -4.65. The van der Waals surface area contributed by atoms with E-state index in [1.807, 2.05) is 6.92 Å². The van der Waals surface area contributed by atoms with Gasteiger partial charge in [-0.05, 0) is 33.1 Å². The second kappa shape index (κ2) is 8.38. The number of fused-ring (bicyclic) bond motifs is 3. The van der Waals surface area contributed by atoms with Crippen molar-refractivity contribution in [2.75, 3.05) is 6.61 Å². The maximum atomic E-state index is 12.5. The van der Waals surface area contributed by atoms with Gasteiger partial charge in [0.05, 0.1) is 5.41 Å². The Kier molecular flexibility index (Phi) is 6.15. The van der Waals surface area contributed by atoms with Crippen LogP contribution >= 0.6 is 0 Å². The lowest BCUT2D eigenvalue weighted by Gasteiger charge is -2.38. The molecule has 0 N–H and O–H groups in total. The van der Waals surface area contributed by atoms with Crippen LogP contribution in [0.5, 0.6) is 0 Å². The van der Waals surface area contributed by atoms with Crippen LogP contribution in [-0.2, 0) is 42.8 Å². The van der Waals surface area contributed by atoms with Crippen molar-refractivity contribution in [1.82, 2.24) is 0 Å². The van der Waals surface area contributed by atoms with Gasteiger partial charge in [0, 0.05) is 6.42 Å². The maximum absolute atomic E-state index is 12.5. The SMILES string of the molecule is CCC(C)(C)C(=O)OC1C(=O)OC2C3OC4(CCCCC4C(=O)OCC(F)(F)F)OC3OC12. The largest absolute Gasteiger partial charge is 0.456 e. The summed E-state index contributed by atoms with van der Waals surface area (Å²) in [5.74, 6) is -5.05. The molecule has 1 spiro atoms. The molecule has 0 bridgehead atoms. The minimum absolute atomic E-state index is 0.219. The molecule has 9 nitrogen and oxygen atoms in total. The van der Waals surface area contributed by atoms with Gasteiger partial charge in [-0.2, -0.15) is 13.2 Å². The molecular weight excluding hydrogens is 453 g/mol. The molecule has 0 amide bonds. The molecule has 186 valence electrons. The standard InChI is InChI=1S/C21H27F3O9/c1-4-19(2,3)18(27)31-13-11-12(29-16(13)26)14-17(30-11)33-20(32-14)8-6-5-7-10(20)15(25)28-9-21(22,23)24/h10-14,17H,4-9H2,1-3H3. The lowest BCUT2D eigenvalue weighted by Crippen LogP contribution is -2.49. The Balaban J connectivity index is 1.45. The van der Waals surface area contributed by atoms with Crippen molar-refractivity contribution >= 4 is 17.9 Å². The lowest BCUT2D eigenvalue weighted by atomic mass is 9.83. The van der Waals surface area contributed by atoms with Gasteiger partial charge in [-0.1, -0.05) is 13.3 Å². The highest BCUT2D eigenvalue weighted by atomic mass is 19.4. The van der Waals surface area contributed by atoms with Crippen LogP contribution in [0.4, 0.5) is 13.2 Å². The summed E-state index contributed by atoms with van der Waals surface area (Å²) in [5, 5.41) is 0. The van der Waals surface area contributed by atoms with Crippen LogP contribution in [0.15, 0.2) is 0 Å². The van der Waals surface area contributed by atoms with Gasteiger partial charge in [0.15, 0.2) is 30.9 Å². The van der Waals surface area contributed by atoms with Gasteiger partial charge in [-0.15, -0.1) is 0 Å². The van der Waals surface area contributed by atoms with Gasteiger partial charge in [-0.25, -0.2) is 4.79 Å². The molecule has 0 radical (unpaired) electrons. The average Bonchev–Trinajstić information content (AvgIpc) is 3.34. The van der Waals surface area contributed by atoms with E-state index in [1.54, 1.807) is 13.8 Å². The first-order valence-corrected chi connectivity index (χ1v) is 11.0. The van der Waals surface area contributed by atoms with Crippen molar-refractivity contribution < 1.29 is 56.0 Å². The number of hydrogen-bond acceptors (Lipinski definition) is 9. The van der Waals surface area contributed by atoms with E-state index in [9.17, 15) is 27.6 Å². The number of carbonyl (C=O) groups is 3. The van der Waals surface area contributed by atoms with Crippen LogP contribution in [0, 0.1) is 11.3 Å². The summed E-state index contributed by atoms with van der Waals surface area (Å²) >= 11 is 0. The number of alkyl halides is 3. The fraction of sp³-hybridized carbons (Fsp3) is 0.857. The van der Waals surface area contributed by atoms with E-state index in [2.05, 4.69) is 4.74 Å². The second-order valence-corrected chi connectivity index (χ2v) is 9.47. The molecule has 0 aromatic carbocycles. The quantitative estimate of drug-likeness (QED) is 0.433. The highest BCUT2D eigenvalue weighted by Crippen LogP contribution is 2.50. The molecule has 4 rings (SSSR count). The summed E-state index contributed by atoms with van der Waals surface area (Å²) < 4.78 is 70.5. The smallest absolute Gasteiger partial charge is 0.422 e. The predicted octanol–water partition coefficient (Wildman–Crippen LogP) is 2.39. The molecule has 3 saturated heterocycles. The van der Waals surface area contributed by atoms with Crippen LogP contribution in [0.2, 0.25) is 0 Å². The predicted molar refractivity (Wildman–Crippen MR) is 100 cm³/mol. The van der Waals surface area contributed by atoms with Gasteiger partial charge in [-0.3, -0.25) is 9.59 Å². The van der Waals surface area contributed by atoms with Gasteiger partial charge < -0.3 is 28.4 Å². The van der Waals surface area contributed by atoms with E-state index in [4.69, 9.17) is 23.7 Å². The highest BCUT2D eigenvalue weighted by molar-refractivity contribution is 5.84. The summed E-state index contributed by atoms with van der Waals surface area (Å²) in [6.45, 7) is 3.49. The highest BCUT2D eigenvalue weighted by Gasteiger charge is 2.68. The Hall–Kier alpha value is -1.92. The number of rotatable bonds is 5. The van der Waals surface area contributed by atoms with E-state index in [-0.39, 0.29) is 12.8 Å². The second-order valence-electron chi connectivity index (χ2n) is 9.47. The molecule has 7 atom stereocenters. The first-order chi connectivity index (χ1) is 15.4. The fourth-order valence-corrected chi connectivity index (χ4v) is 4.52. The Morgan fingerprint density at radius 1 is 1.12 bits per heavy atom. The topological polar surface area (TPSA) is 107 Å². The molecule has 4 aliphatic rings. The third kappa shape index (κ3) is 4.44. The summed E-state index contributed by atoms with van der Waals surface area (Å²) in [4.78, 5) is 37.3. The van der Waals surface area contributed by atoms with Crippen molar-refractivity contribution in [3.05, 3.63) is 0 Å². The van der Waals surface area contributed by atoms with Crippen molar-refractivity contribution in [3.8, 4) is 0 Å². The van der Waals surface area contributed by atoms with Gasteiger partial charge >= 0.3 is 24.1 Å². The van der Waals surface area contributed by atoms with Gasteiger partial charge in [0.2, 0.25) is 6.10 Å². The first-order valence-electron chi connectivity index (χ1n) is 11.0. The van der Waals surface area contributed by atoms with E-state index in [0.29, 0.717) is 19.3 Å². The fourth-order valence-electron chi connectivity index (χ4n) is 4.52. The summed E-state index contributed by atoms with van der Waals surface area (Å²) in [6, 6.07) is 0. The van der Waals surface area contributed by atoms with Crippen molar-refractivity contribution in [2.24, 2.45) is 11.3 Å². The number of hydrogen-bond donors (Lipinski definition) is 0. The first kappa shape index (κ1) is 24.2. The van der Waals surface area contributed by atoms with Crippen molar-refractivity contribution in [2.45, 2.75) is 95.5 Å². The Morgan fingerprint density at radius 2 is 1.85 bits per heavy atom. The lowest BCUT2D eigenvalue weighted by molar-refractivity contribution is -0.272. The number of carbonyl (C=O) groups excluding carboxylic acids is 3. The van der Waals surface area contributed by atoms with E-state index in [1.165, 1.54) is 0 Å². The average molecular weight is 480 g/mol. The van der Waals surface area contributed by atoms with Crippen LogP contribution in [-0.4, -0.2) is 67.2 Å². The summed E-state index contributed by atoms with van der Waals surface area (Å²) in [7, 11) is 0. The van der Waals surface area contributed by atoms with Crippen LogP contribution in [0.25, 0.3) is 0 Å². The minimum Gasteiger partial charge on any atom is -0.456 e. The summed E-state index contributed by atoms with van der Waals surface area (Å²) in [6.07, 6.45) is -7.65. The monoisotopic (exact) mass is 480 g/mol. The molecule has 12 heteroatoms. The third-order valence-electron chi connectivity index (χ3n) is 6.77. The maximum Gasteiger partial charge on any atom is 0.422 e. The number of ether oxygens (including phenoxy) is 6. The van der Waals surface area contributed by atoms with E-state index >= 15 is 0 Å². The molecule has 0 aromatic rings. The molecule has 3 aliphatic heterocycles. The van der Waals surface area contributed by atoms with Crippen molar-refractivity contribution in [1.29, 1.82) is 0 Å². The zero-order chi connectivity index (χ0) is 24.2. The van der Waals surface area contributed by atoms with Crippen LogP contribution in [0.1, 0.15) is 52.9 Å². The molecular formula is C21H27F3O9. The zero-order valence-electron chi connectivity index (χ0n) is 18.5. The molecule has 3 heterocycles. The van der Waals surface area contributed by atoms with E-state index < -0.39 is 78.5 Å². The normalized spacial score (nSPS) is 38.1. The van der Waals surface area contributed by atoms with Crippen molar-refractivity contribution in [3.63, 3.8) is 0 Å². The van der Waals surface area contributed by atoms with Crippen LogP contribution in [0.3, 0.4) is 0 Å². The Morgan fingerprint density at radius 3 is 2.52 bits per heavy atom. The number of halogens is 3. The number of esters is 3. The summed E-state index contributed by atoms with van der Waals surface area (Å²) in [5.41, 5.74) is -0.810. The van der Waals surface area contributed by atoms with Gasteiger partial charge in [0.25, 0.3) is 0 Å². The molecule has 33 heavy (non-hydrogen) atoms. The molecule has 4 fully saturated rings. The Bertz CT molecular complexity index is 813. The zero-order valence-corrected chi connectivity index (χ0v) is 18.5. The molecule has 1 saturated carbocycles.